The minimum Gasteiger partial charge on any atom is -0.459 e. The van der Waals surface area contributed by atoms with Crippen molar-refractivity contribution in [3.63, 3.8) is 0 Å². The number of nitrogens with zero attached hydrogens (tertiary/aromatic N) is 2. The lowest BCUT2D eigenvalue weighted by atomic mass is 10.0. The molecule has 0 atom stereocenters. The Morgan fingerprint density at radius 2 is 1.79 bits per heavy atom. The average molecular weight is 463 g/mol. The maximum atomic E-state index is 13.5. The Hall–Kier alpha value is -3.85. The number of thioether (sulfide) groups is 1. The summed E-state index contributed by atoms with van der Waals surface area (Å²) in [4.78, 5) is 42.4. The van der Waals surface area contributed by atoms with Crippen LogP contribution in [0.1, 0.15) is 35.9 Å². The molecule has 0 aliphatic rings. The van der Waals surface area contributed by atoms with Crippen LogP contribution >= 0.6 is 11.8 Å². The lowest BCUT2D eigenvalue weighted by molar-refractivity contribution is -0.119. The number of amides is 2. The highest BCUT2D eigenvalue weighted by Crippen LogP contribution is 2.27. The van der Waals surface area contributed by atoms with Crippen molar-refractivity contribution in [2.75, 3.05) is 5.75 Å². The monoisotopic (exact) mass is 462 g/mol. The van der Waals surface area contributed by atoms with Crippen molar-refractivity contribution >= 4 is 34.5 Å². The molecular weight excluding hydrogens is 440 g/mol. The first-order valence-electron chi connectivity index (χ1n) is 10.3. The van der Waals surface area contributed by atoms with Crippen LogP contribution < -0.4 is 16.4 Å². The van der Waals surface area contributed by atoms with Crippen LogP contribution in [-0.4, -0.2) is 27.1 Å². The summed E-state index contributed by atoms with van der Waals surface area (Å²) in [5, 5.41) is 0.884. The molecule has 8 nitrogen and oxygen atoms in total. The van der Waals surface area contributed by atoms with Gasteiger partial charge in [0, 0.05) is 0 Å². The zero-order chi connectivity index (χ0) is 23.4. The smallest absolute Gasteiger partial charge is 0.305 e. The van der Waals surface area contributed by atoms with Crippen molar-refractivity contribution in [2.24, 2.45) is 0 Å². The van der Waals surface area contributed by atoms with Crippen LogP contribution in [0.15, 0.2) is 81.3 Å². The zero-order valence-electron chi connectivity index (χ0n) is 18.1. The molecule has 0 radical (unpaired) electrons. The fraction of sp³-hybridized carbons (Fsp3) is 0.167. The maximum absolute atomic E-state index is 13.5. The third-order valence-corrected chi connectivity index (χ3v) is 5.88. The van der Waals surface area contributed by atoms with Gasteiger partial charge >= 0.3 is 5.91 Å². The van der Waals surface area contributed by atoms with Crippen molar-refractivity contribution < 1.29 is 14.0 Å². The number of benzene rings is 2. The Morgan fingerprint density at radius 1 is 1.03 bits per heavy atom. The number of nitrogens with one attached hydrogen (secondary N) is 2. The van der Waals surface area contributed by atoms with Gasteiger partial charge in [0.1, 0.15) is 0 Å². The van der Waals surface area contributed by atoms with Gasteiger partial charge in [-0.15, -0.1) is 0 Å². The van der Waals surface area contributed by atoms with Gasteiger partial charge in [0.25, 0.3) is 5.56 Å². The largest absolute Gasteiger partial charge is 0.459 e. The second-order valence-electron chi connectivity index (χ2n) is 7.53. The Kier molecular flexibility index (Phi) is 6.60. The Labute approximate surface area is 194 Å². The molecule has 168 valence electrons. The fourth-order valence-corrected chi connectivity index (χ4v) is 4.17. The van der Waals surface area contributed by atoms with Gasteiger partial charge in [-0.3, -0.25) is 29.8 Å². The summed E-state index contributed by atoms with van der Waals surface area (Å²) < 4.78 is 6.54. The number of hydrogen-bond acceptors (Lipinski definition) is 6. The van der Waals surface area contributed by atoms with Crippen molar-refractivity contribution in [1.82, 2.24) is 20.4 Å². The first-order chi connectivity index (χ1) is 16.0. The number of aromatic nitrogens is 2. The molecule has 0 unspecified atom stereocenters. The van der Waals surface area contributed by atoms with E-state index in [0.29, 0.717) is 16.1 Å². The summed E-state index contributed by atoms with van der Waals surface area (Å²) in [5.74, 6) is -0.820. The minimum atomic E-state index is -0.565. The molecule has 2 aromatic carbocycles. The van der Waals surface area contributed by atoms with Crippen LogP contribution in [0.5, 0.6) is 0 Å². The topological polar surface area (TPSA) is 106 Å². The number of rotatable bonds is 6. The van der Waals surface area contributed by atoms with Crippen LogP contribution in [0.3, 0.4) is 0 Å². The molecule has 33 heavy (non-hydrogen) atoms. The predicted molar refractivity (Wildman–Crippen MR) is 126 cm³/mol. The minimum absolute atomic E-state index is 0.0624. The summed E-state index contributed by atoms with van der Waals surface area (Å²) in [6, 6.07) is 17.8. The first-order valence-corrected chi connectivity index (χ1v) is 11.3. The Balaban J connectivity index is 1.63. The number of hydrazine groups is 1. The second kappa shape index (κ2) is 9.74. The van der Waals surface area contributed by atoms with Gasteiger partial charge in [-0.2, -0.15) is 0 Å². The van der Waals surface area contributed by atoms with Gasteiger partial charge in [-0.05, 0) is 41.8 Å². The van der Waals surface area contributed by atoms with E-state index in [0.717, 1.165) is 23.0 Å². The molecule has 4 rings (SSSR count). The molecule has 9 heteroatoms. The van der Waals surface area contributed by atoms with E-state index in [-0.39, 0.29) is 23.0 Å². The fourth-order valence-electron chi connectivity index (χ4n) is 3.36. The van der Waals surface area contributed by atoms with E-state index < -0.39 is 11.8 Å². The van der Waals surface area contributed by atoms with E-state index in [1.54, 1.807) is 28.8 Å². The summed E-state index contributed by atoms with van der Waals surface area (Å²) >= 11 is 1.11. The van der Waals surface area contributed by atoms with Gasteiger partial charge in [0.15, 0.2) is 10.9 Å². The van der Waals surface area contributed by atoms with E-state index in [2.05, 4.69) is 29.7 Å². The quantitative estimate of drug-likeness (QED) is 0.257. The van der Waals surface area contributed by atoms with Crippen LogP contribution in [0, 0.1) is 0 Å². The molecule has 0 spiro atoms. The van der Waals surface area contributed by atoms with Crippen molar-refractivity contribution in [1.29, 1.82) is 0 Å². The molecule has 0 aliphatic carbocycles. The van der Waals surface area contributed by atoms with Crippen LogP contribution in [0.25, 0.3) is 16.6 Å². The van der Waals surface area contributed by atoms with Crippen molar-refractivity contribution in [2.45, 2.75) is 24.9 Å². The lowest BCUT2D eigenvalue weighted by Crippen LogP contribution is -2.42. The van der Waals surface area contributed by atoms with Gasteiger partial charge in [-0.25, -0.2) is 4.98 Å². The molecule has 2 N–H and O–H groups in total. The number of fused-ring (bicyclic) bond motifs is 1. The number of furan rings is 1. The predicted octanol–water partition coefficient (Wildman–Crippen LogP) is 3.66. The van der Waals surface area contributed by atoms with Crippen molar-refractivity contribution in [3.8, 4) is 5.69 Å². The Bertz CT molecular complexity index is 1360. The van der Waals surface area contributed by atoms with E-state index in [1.807, 2.05) is 30.3 Å². The highest BCUT2D eigenvalue weighted by Gasteiger charge is 2.18. The van der Waals surface area contributed by atoms with E-state index in [9.17, 15) is 14.4 Å². The standard InChI is InChI=1S/C24H22N4O4S/c1-15(2)16-8-4-6-11-19(16)28-23(31)17-9-3-5-10-18(17)25-24(28)33-14-21(29)26-27-22(30)20-12-7-13-32-20/h3-13,15H,14H2,1-2H3,(H,26,29)(H,27,30). The summed E-state index contributed by atoms with van der Waals surface area (Å²) in [6.07, 6.45) is 1.37. The number of hydrogen-bond donors (Lipinski definition) is 2. The van der Waals surface area contributed by atoms with E-state index in [1.165, 1.54) is 12.3 Å². The third-order valence-electron chi connectivity index (χ3n) is 4.94. The Morgan fingerprint density at radius 3 is 2.55 bits per heavy atom. The molecule has 2 heterocycles. The first kappa shape index (κ1) is 22.3. The van der Waals surface area contributed by atoms with Crippen LogP contribution in [0.4, 0.5) is 0 Å². The van der Waals surface area contributed by atoms with Crippen LogP contribution in [0.2, 0.25) is 0 Å². The molecule has 0 saturated carbocycles. The van der Waals surface area contributed by atoms with Crippen molar-refractivity contribution in [3.05, 3.63) is 88.6 Å². The second-order valence-corrected chi connectivity index (χ2v) is 8.48. The maximum Gasteiger partial charge on any atom is 0.305 e. The highest BCUT2D eigenvalue weighted by atomic mass is 32.2. The SMILES string of the molecule is CC(C)c1ccccc1-n1c(SCC(=O)NNC(=O)c2ccco2)nc2ccccc2c1=O. The molecule has 2 aromatic heterocycles. The molecule has 0 aliphatic heterocycles. The van der Waals surface area contributed by atoms with E-state index in [4.69, 9.17) is 4.42 Å². The molecule has 4 aromatic rings. The summed E-state index contributed by atoms with van der Waals surface area (Å²) in [5.41, 5.74) is 6.71. The molecule has 0 fully saturated rings. The van der Waals surface area contributed by atoms with Gasteiger partial charge in [0.2, 0.25) is 5.91 Å². The average Bonchev–Trinajstić information content (AvgIpc) is 3.36. The van der Waals surface area contributed by atoms with Crippen LogP contribution in [-0.2, 0) is 4.79 Å². The lowest BCUT2D eigenvalue weighted by Gasteiger charge is -2.18. The number of carbonyl (C=O) groups is 2. The summed E-state index contributed by atoms with van der Waals surface area (Å²) in [7, 11) is 0. The molecule has 2 amide bonds. The van der Waals surface area contributed by atoms with Gasteiger partial charge < -0.3 is 4.42 Å². The molecule has 0 bridgehead atoms. The number of para-hydroxylation sites is 2. The number of carbonyl (C=O) groups excluding carboxylic acids is 2. The van der Waals surface area contributed by atoms with Gasteiger partial charge in [-0.1, -0.05) is 55.9 Å². The van der Waals surface area contributed by atoms with Gasteiger partial charge in [0.05, 0.1) is 28.6 Å². The third kappa shape index (κ3) is 4.83. The zero-order valence-corrected chi connectivity index (χ0v) is 18.9. The van der Waals surface area contributed by atoms with E-state index >= 15 is 0 Å². The highest BCUT2D eigenvalue weighted by molar-refractivity contribution is 7.99. The summed E-state index contributed by atoms with van der Waals surface area (Å²) in [6.45, 7) is 4.11. The molecule has 0 saturated heterocycles. The normalized spacial score (nSPS) is 11.0. The molecular formula is C24H22N4O4S.